The molecule has 6 nitrogen and oxygen atoms in total. The van der Waals surface area contributed by atoms with E-state index in [1.165, 1.54) is 20.1 Å². The highest BCUT2D eigenvalue weighted by Crippen LogP contribution is 2.24. The Kier molecular flexibility index (Phi) is 5.92. The van der Waals surface area contributed by atoms with Crippen LogP contribution in [0.2, 0.25) is 0 Å². The Balaban J connectivity index is 3.19. The Bertz CT molecular complexity index is 615. The lowest BCUT2D eigenvalue weighted by atomic mass is 10.2. The van der Waals surface area contributed by atoms with Gasteiger partial charge in [0.25, 0.3) is 0 Å². The maximum absolute atomic E-state index is 11.9. The normalized spacial score (nSPS) is 10.0. The van der Waals surface area contributed by atoms with Crippen LogP contribution in [0, 0.1) is 0 Å². The molecule has 0 aliphatic carbocycles. The van der Waals surface area contributed by atoms with Crippen LogP contribution in [0.1, 0.15) is 24.4 Å². The van der Waals surface area contributed by atoms with Gasteiger partial charge in [0.1, 0.15) is 6.61 Å². The minimum absolute atomic E-state index is 0.0283. The van der Waals surface area contributed by atoms with E-state index in [1.807, 2.05) is 0 Å². The molecule has 0 atom stereocenters. The summed E-state index contributed by atoms with van der Waals surface area (Å²) in [7, 11) is 1.52. The third-order valence-electron chi connectivity index (χ3n) is 2.59. The summed E-state index contributed by atoms with van der Waals surface area (Å²) >= 11 is 0. The Morgan fingerprint density at radius 3 is 2.52 bits per heavy atom. The summed E-state index contributed by atoms with van der Waals surface area (Å²) in [6.45, 7) is 11.1. The van der Waals surface area contributed by atoms with Crippen molar-refractivity contribution in [1.82, 2.24) is 0 Å². The van der Waals surface area contributed by atoms with Gasteiger partial charge < -0.3 is 19.2 Å². The molecular formula is C15H19NO5. The second-order valence-electron chi connectivity index (χ2n) is 4.42. The van der Waals surface area contributed by atoms with Crippen molar-refractivity contribution in [3.63, 3.8) is 0 Å². The van der Waals surface area contributed by atoms with Crippen molar-refractivity contribution < 1.29 is 18.7 Å². The van der Waals surface area contributed by atoms with Crippen molar-refractivity contribution in [2.45, 2.75) is 13.8 Å². The molecule has 1 aromatic rings. The first-order valence-electron chi connectivity index (χ1n) is 6.29. The van der Waals surface area contributed by atoms with Crippen LogP contribution < -0.4 is 15.7 Å². The molecule has 0 aliphatic rings. The maximum Gasteiger partial charge on any atom is 0.381 e. The molecule has 0 radical (unpaired) electrons. The van der Waals surface area contributed by atoms with Crippen LogP contribution in [0.3, 0.4) is 0 Å². The third kappa shape index (κ3) is 4.61. The van der Waals surface area contributed by atoms with Gasteiger partial charge in [0, 0.05) is 25.8 Å². The maximum atomic E-state index is 11.9. The van der Waals surface area contributed by atoms with Crippen LogP contribution in [0.25, 0.3) is 0 Å². The van der Waals surface area contributed by atoms with Gasteiger partial charge in [0.15, 0.2) is 11.5 Å². The number of nitrogens with one attached hydrogen (secondary N) is 1. The summed E-state index contributed by atoms with van der Waals surface area (Å²) in [5.41, 5.74) is 0.763. The lowest BCUT2D eigenvalue weighted by Gasteiger charge is -2.14. The highest BCUT2D eigenvalue weighted by molar-refractivity contribution is 5.92. The van der Waals surface area contributed by atoms with E-state index in [4.69, 9.17) is 13.9 Å². The Morgan fingerprint density at radius 1 is 1.33 bits per heavy atom. The average molecular weight is 293 g/mol. The van der Waals surface area contributed by atoms with Gasteiger partial charge in [-0.2, -0.15) is 0 Å². The number of anilines is 1. The van der Waals surface area contributed by atoms with Gasteiger partial charge in [-0.15, -0.1) is 0 Å². The largest absolute Gasteiger partial charge is 0.483 e. The second-order valence-corrected chi connectivity index (χ2v) is 4.42. The zero-order valence-electron chi connectivity index (χ0n) is 12.4. The number of Topliss-reactive ketones (excluding diaryl/α,β-unsaturated/α-hetero) is 1. The Morgan fingerprint density at radius 2 is 2.00 bits per heavy atom. The quantitative estimate of drug-likeness (QED) is 0.450. The molecule has 6 heteroatoms. The zero-order valence-corrected chi connectivity index (χ0v) is 12.4. The lowest BCUT2D eigenvalue weighted by Crippen LogP contribution is -2.16. The molecule has 1 heterocycles. The number of ketones is 1. The Hall–Kier alpha value is -2.34. The molecule has 21 heavy (non-hydrogen) atoms. The molecule has 1 N–H and O–H groups in total. The SMILES string of the molecule is C=C(C)C(=C)Nc1cc(C(C)=O)oc(=O)c1OCCOC. The molecule has 0 fully saturated rings. The standard InChI is InChI=1S/C15H19NO5/c1-9(2)10(3)16-12-8-13(11(4)17)21-15(18)14(12)20-7-6-19-5/h8,16H,1,3,6-7H2,2,4-5H3. The van der Waals surface area contributed by atoms with Crippen LogP contribution in [-0.4, -0.2) is 26.1 Å². The van der Waals surface area contributed by atoms with Crippen LogP contribution in [-0.2, 0) is 4.74 Å². The van der Waals surface area contributed by atoms with Crippen LogP contribution in [0.15, 0.2) is 39.7 Å². The number of rotatable bonds is 8. The molecule has 0 amide bonds. The highest BCUT2D eigenvalue weighted by atomic mass is 16.5. The van der Waals surface area contributed by atoms with Gasteiger partial charge in [0.2, 0.25) is 5.75 Å². The van der Waals surface area contributed by atoms with Gasteiger partial charge in [-0.1, -0.05) is 13.2 Å². The fraction of sp³-hybridized carbons (Fsp3) is 0.333. The summed E-state index contributed by atoms with van der Waals surface area (Å²) in [5.74, 6) is -0.449. The van der Waals surface area contributed by atoms with Crippen molar-refractivity contribution in [1.29, 1.82) is 0 Å². The summed E-state index contributed by atoms with van der Waals surface area (Å²) in [6, 6.07) is 1.40. The molecule has 1 aromatic heterocycles. The topological polar surface area (TPSA) is 77.8 Å². The predicted octanol–water partition coefficient (Wildman–Crippen LogP) is 2.37. The molecule has 0 bridgehead atoms. The first-order valence-corrected chi connectivity index (χ1v) is 6.29. The molecule has 114 valence electrons. The van der Waals surface area contributed by atoms with Gasteiger partial charge in [0.05, 0.1) is 12.3 Å². The van der Waals surface area contributed by atoms with E-state index in [-0.39, 0.29) is 23.9 Å². The number of ether oxygens (including phenoxy) is 2. The summed E-state index contributed by atoms with van der Waals surface area (Å²) < 4.78 is 15.1. The van der Waals surface area contributed by atoms with Crippen LogP contribution in [0.5, 0.6) is 5.75 Å². The summed E-state index contributed by atoms with van der Waals surface area (Å²) in [4.78, 5) is 23.3. The van der Waals surface area contributed by atoms with E-state index in [9.17, 15) is 9.59 Å². The first kappa shape index (κ1) is 16.7. The van der Waals surface area contributed by atoms with Gasteiger partial charge in [-0.3, -0.25) is 4.79 Å². The molecular weight excluding hydrogens is 274 g/mol. The molecule has 0 aromatic carbocycles. The van der Waals surface area contributed by atoms with Crippen molar-refractivity contribution >= 4 is 11.5 Å². The molecule has 1 rings (SSSR count). The van der Waals surface area contributed by atoms with E-state index in [0.717, 1.165) is 0 Å². The molecule has 0 spiro atoms. The zero-order chi connectivity index (χ0) is 16.0. The lowest BCUT2D eigenvalue weighted by molar-refractivity contribution is 0.0980. The van der Waals surface area contributed by atoms with E-state index in [0.29, 0.717) is 23.6 Å². The van der Waals surface area contributed by atoms with Gasteiger partial charge in [-0.05, 0) is 12.5 Å². The van der Waals surface area contributed by atoms with E-state index >= 15 is 0 Å². The monoisotopic (exact) mass is 293 g/mol. The number of methoxy groups -OCH3 is 1. The highest BCUT2D eigenvalue weighted by Gasteiger charge is 2.16. The van der Waals surface area contributed by atoms with E-state index in [1.54, 1.807) is 6.92 Å². The number of hydrogen-bond acceptors (Lipinski definition) is 6. The first-order chi connectivity index (χ1) is 9.86. The molecule has 0 aliphatic heterocycles. The van der Waals surface area contributed by atoms with Crippen molar-refractivity contribution in [3.05, 3.63) is 46.7 Å². The van der Waals surface area contributed by atoms with Crippen molar-refractivity contribution in [2.24, 2.45) is 0 Å². The smallest absolute Gasteiger partial charge is 0.381 e. The second kappa shape index (κ2) is 7.44. The van der Waals surface area contributed by atoms with E-state index < -0.39 is 5.63 Å². The summed E-state index contributed by atoms with van der Waals surface area (Å²) in [5, 5.41) is 2.90. The number of carbonyl (C=O) groups excluding carboxylic acids is 1. The van der Waals surface area contributed by atoms with Gasteiger partial charge >= 0.3 is 5.63 Å². The van der Waals surface area contributed by atoms with E-state index in [2.05, 4.69) is 18.5 Å². The fourth-order valence-electron chi connectivity index (χ4n) is 1.38. The van der Waals surface area contributed by atoms with Crippen molar-refractivity contribution in [3.8, 4) is 5.75 Å². The average Bonchev–Trinajstić information content (AvgIpc) is 2.41. The predicted molar refractivity (Wildman–Crippen MR) is 79.9 cm³/mol. The molecule has 0 unspecified atom stereocenters. The Labute approximate surface area is 123 Å². The molecule has 0 saturated heterocycles. The number of carbonyl (C=O) groups is 1. The van der Waals surface area contributed by atoms with Crippen LogP contribution >= 0.6 is 0 Å². The fourth-order valence-corrected chi connectivity index (χ4v) is 1.38. The van der Waals surface area contributed by atoms with Crippen LogP contribution in [0.4, 0.5) is 5.69 Å². The minimum Gasteiger partial charge on any atom is -0.483 e. The third-order valence-corrected chi connectivity index (χ3v) is 2.59. The number of allylic oxidation sites excluding steroid dienone is 1. The molecule has 0 saturated carbocycles. The van der Waals surface area contributed by atoms with Gasteiger partial charge in [-0.25, -0.2) is 4.79 Å². The minimum atomic E-state index is -0.740. The summed E-state index contributed by atoms with van der Waals surface area (Å²) in [6.07, 6.45) is 0. The number of hydrogen-bond donors (Lipinski definition) is 1. The van der Waals surface area contributed by atoms with Crippen molar-refractivity contribution in [2.75, 3.05) is 25.6 Å².